The van der Waals surface area contributed by atoms with Crippen LogP contribution in [0.15, 0.2) is 36.7 Å². The number of likely N-dealkylation sites (N-methyl/N-ethyl adjacent to an activating group) is 1. The van der Waals surface area contributed by atoms with Crippen LogP contribution in [0.2, 0.25) is 0 Å². The van der Waals surface area contributed by atoms with Gasteiger partial charge in [0.25, 0.3) is 5.91 Å². The summed E-state index contributed by atoms with van der Waals surface area (Å²) in [5.74, 6) is -0.0514. The molecule has 3 aromatic rings. The van der Waals surface area contributed by atoms with Gasteiger partial charge in [-0.25, -0.2) is 9.37 Å². The second-order valence-electron chi connectivity index (χ2n) is 7.85. The van der Waals surface area contributed by atoms with Gasteiger partial charge >= 0.3 is 0 Å². The number of carbonyl (C=O) groups excluding carboxylic acids is 2. The monoisotopic (exact) mass is 437 g/mol. The Hall–Kier alpha value is -3.82. The number of aryl methyl sites for hydroxylation is 1. The molecule has 2 N–H and O–H groups in total. The molecule has 166 valence electrons. The van der Waals surface area contributed by atoms with Crippen molar-refractivity contribution in [3.63, 3.8) is 0 Å². The van der Waals surface area contributed by atoms with Crippen molar-refractivity contribution in [3.05, 3.63) is 59.3 Å². The molecule has 0 saturated carbocycles. The van der Waals surface area contributed by atoms with Gasteiger partial charge in [-0.3, -0.25) is 14.3 Å². The Balaban J connectivity index is 1.49. The number of rotatable bonds is 6. The smallest absolute Gasteiger partial charge is 0.255 e. The second-order valence-corrected chi connectivity index (χ2v) is 7.85. The molecule has 2 aromatic heterocycles. The lowest BCUT2D eigenvalue weighted by Gasteiger charge is -2.33. The van der Waals surface area contributed by atoms with Gasteiger partial charge in [0.15, 0.2) is 17.6 Å². The van der Waals surface area contributed by atoms with Crippen LogP contribution >= 0.6 is 0 Å². The van der Waals surface area contributed by atoms with Gasteiger partial charge in [0.2, 0.25) is 5.95 Å². The first-order valence-corrected chi connectivity index (χ1v) is 10.2. The van der Waals surface area contributed by atoms with Crippen LogP contribution in [0.4, 0.5) is 21.8 Å². The van der Waals surface area contributed by atoms with Crippen molar-refractivity contribution >= 4 is 29.1 Å². The summed E-state index contributed by atoms with van der Waals surface area (Å²) in [6, 6.07) is 5.39. The van der Waals surface area contributed by atoms with E-state index in [2.05, 4.69) is 25.7 Å². The number of amides is 1. The van der Waals surface area contributed by atoms with Crippen molar-refractivity contribution in [1.29, 1.82) is 0 Å². The number of halogens is 1. The molecule has 0 aliphatic carbocycles. The van der Waals surface area contributed by atoms with E-state index in [0.717, 1.165) is 11.1 Å². The highest BCUT2D eigenvalue weighted by molar-refractivity contribution is 6.16. The maximum Gasteiger partial charge on any atom is 0.255 e. The number of fused-ring (bicyclic) bond motifs is 1. The van der Waals surface area contributed by atoms with Crippen molar-refractivity contribution in [2.75, 3.05) is 22.6 Å². The third-order valence-electron chi connectivity index (χ3n) is 5.53. The maximum atomic E-state index is 13.2. The van der Waals surface area contributed by atoms with Crippen LogP contribution in [0.5, 0.6) is 0 Å². The molecule has 0 bridgehead atoms. The molecule has 1 aliphatic rings. The maximum absolute atomic E-state index is 13.2. The average molecular weight is 437 g/mol. The fraction of sp³-hybridized carbons (Fsp3) is 0.318. The minimum absolute atomic E-state index is 0.0487. The van der Waals surface area contributed by atoms with E-state index < -0.39 is 6.04 Å². The summed E-state index contributed by atoms with van der Waals surface area (Å²) in [7, 11) is 1.67. The Bertz CT molecular complexity index is 1180. The van der Waals surface area contributed by atoms with E-state index in [1.54, 1.807) is 37.2 Å². The molecule has 1 amide bonds. The number of Topliss-reactive ketones (excluding diaryl/α,β-unsaturated/α-hetero) is 1. The lowest BCUT2D eigenvalue weighted by Crippen LogP contribution is -2.50. The van der Waals surface area contributed by atoms with Crippen molar-refractivity contribution in [2.45, 2.75) is 39.4 Å². The topological polar surface area (TPSA) is 105 Å². The Kier molecular flexibility index (Phi) is 5.60. The molecule has 0 spiro atoms. The fourth-order valence-corrected chi connectivity index (χ4v) is 3.74. The Morgan fingerprint density at radius 1 is 1.28 bits per heavy atom. The summed E-state index contributed by atoms with van der Waals surface area (Å²) in [4.78, 5) is 34.7. The van der Waals surface area contributed by atoms with Crippen LogP contribution in [-0.4, -0.2) is 44.5 Å². The van der Waals surface area contributed by atoms with E-state index in [1.165, 1.54) is 19.1 Å². The van der Waals surface area contributed by atoms with E-state index in [0.29, 0.717) is 29.7 Å². The van der Waals surface area contributed by atoms with Gasteiger partial charge in [-0.2, -0.15) is 10.1 Å². The van der Waals surface area contributed by atoms with E-state index in [9.17, 15) is 14.0 Å². The van der Waals surface area contributed by atoms with Gasteiger partial charge in [0.05, 0.1) is 17.9 Å². The number of nitrogens with one attached hydrogen (secondary N) is 2. The number of carbonyl (C=O) groups is 2. The second kappa shape index (κ2) is 8.37. The Labute approximate surface area is 184 Å². The quantitative estimate of drug-likeness (QED) is 0.571. The third kappa shape index (κ3) is 4.03. The zero-order chi connectivity index (χ0) is 23.0. The van der Waals surface area contributed by atoms with Crippen LogP contribution in [0.25, 0.3) is 0 Å². The van der Waals surface area contributed by atoms with Gasteiger partial charge in [-0.1, -0.05) is 12.1 Å². The van der Waals surface area contributed by atoms with Gasteiger partial charge < -0.3 is 15.5 Å². The highest BCUT2D eigenvalue weighted by atomic mass is 19.1. The van der Waals surface area contributed by atoms with Crippen LogP contribution in [0.3, 0.4) is 0 Å². The molecule has 0 radical (unpaired) electrons. The lowest BCUT2D eigenvalue weighted by molar-refractivity contribution is -0.126. The zero-order valence-corrected chi connectivity index (χ0v) is 18.3. The lowest BCUT2D eigenvalue weighted by atomic mass is 10.1. The van der Waals surface area contributed by atoms with Gasteiger partial charge in [0, 0.05) is 25.4 Å². The average Bonchev–Trinajstić information content (AvgIpc) is 3.22. The SMILES string of the molecule is CC(=O)[C@H]1C(=O)Nc2c(C)nc(NCc3cnn(C(C)c4ccc(F)cc4)c3)nc2N1C. The highest BCUT2D eigenvalue weighted by Gasteiger charge is 2.36. The van der Waals surface area contributed by atoms with E-state index in [1.807, 2.05) is 17.8 Å². The number of aromatic nitrogens is 4. The minimum atomic E-state index is -0.921. The minimum Gasteiger partial charge on any atom is -0.350 e. The van der Waals surface area contributed by atoms with E-state index in [-0.39, 0.29) is 23.5 Å². The fourth-order valence-electron chi connectivity index (χ4n) is 3.74. The number of nitrogens with zero attached hydrogens (tertiary/aromatic N) is 5. The van der Waals surface area contributed by atoms with Crippen molar-refractivity contribution in [2.24, 2.45) is 0 Å². The van der Waals surface area contributed by atoms with E-state index >= 15 is 0 Å². The summed E-state index contributed by atoms with van der Waals surface area (Å²) >= 11 is 0. The molecular formula is C22H24FN7O2. The van der Waals surface area contributed by atoms with E-state index in [4.69, 9.17) is 0 Å². The van der Waals surface area contributed by atoms with Gasteiger partial charge in [-0.05, 0) is 38.5 Å². The summed E-state index contributed by atoms with van der Waals surface area (Å²) in [6.07, 6.45) is 3.65. The molecule has 0 fully saturated rings. The Morgan fingerprint density at radius 3 is 2.69 bits per heavy atom. The number of ketones is 1. The molecule has 9 nitrogen and oxygen atoms in total. The first-order chi connectivity index (χ1) is 15.2. The third-order valence-corrected chi connectivity index (χ3v) is 5.53. The molecular weight excluding hydrogens is 413 g/mol. The predicted octanol–water partition coefficient (Wildman–Crippen LogP) is 2.69. The molecule has 1 unspecified atom stereocenters. The summed E-state index contributed by atoms with van der Waals surface area (Å²) in [5, 5.41) is 10.3. The highest BCUT2D eigenvalue weighted by Crippen LogP contribution is 2.32. The summed E-state index contributed by atoms with van der Waals surface area (Å²) < 4.78 is 15.0. The predicted molar refractivity (Wildman–Crippen MR) is 118 cm³/mol. The normalized spacial score (nSPS) is 16.3. The molecule has 1 aromatic carbocycles. The van der Waals surface area contributed by atoms with Gasteiger partial charge in [-0.15, -0.1) is 0 Å². The van der Waals surface area contributed by atoms with Crippen LogP contribution in [-0.2, 0) is 16.1 Å². The molecule has 1 aliphatic heterocycles. The van der Waals surface area contributed by atoms with Crippen molar-refractivity contribution < 1.29 is 14.0 Å². The summed E-state index contributed by atoms with van der Waals surface area (Å²) in [6.45, 7) is 5.57. The summed E-state index contributed by atoms with van der Waals surface area (Å²) in [5.41, 5.74) is 2.97. The number of hydrogen-bond donors (Lipinski definition) is 2. The van der Waals surface area contributed by atoms with Crippen molar-refractivity contribution in [1.82, 2.24) is 19.7 Å². The first kappa shape index (κ1) is 21.4. The van der Waals surface area contributed by atoms with Crippen LogP contribution in [0.1, 0.15) is 36.7 Å². The number of anilines is 3. The number of benzene rings is 1. The molecule has 3 heterocycles. The molecule has 10 heteroatoms. The first-order valence-electron chi connectivity index (χ1n) is 10.2. The van der Waals surface area contributed by atoms with Crippen LogP contribution < -0.4 is 15.5 Å². The zero-order valence-electron chi connectivity index (χ0n) is 18.3. The largest absolute Gasteiger partial charge is 0.350 e. The molecule has 4 rings (SSSR count). The van der Waals surface area contributed by atoms with Crippen molar-refractivity contribution in [3.8, 4) is 0 Å². The molecule has 32 heavy (non-hydrogen) atoms. The Morgan fingerprint density at radius 2 is 2.00 bits per heavy atom. The van der Waals surface area contributed by atoms with Gasteiger partial charge in [0.1, 0.15) is 11.5 Å². The molecule has 0 saturated heterocycles. The molecule has 2 atom stereocenters. The number of hydrogen-bond acceptors (Lipinski definition) is 7. The standard InChI is InChI=1S/C22H24FN7O2/c1-12-18-20(29(4)19(14(3)31)21(32)27-18)28-22(26-12)24-9-15-10-25-30(11-15)13(2)16-5-7-17(23)8-6-16/h5-8,10-11,13,19H,9H2,1-4H3,(H,27,32)(H,24,26,28)/t13?,19-/m0/s1. The van der Waals surface area contributed by atoms with Crippen LogP contribution in [0, 0.1) is 12.7 Å².